The summed E-state index contributed by atoms with van der Waals surface area (Å²) in [6, 6.07) is 6.45. The van der Waals surface area contributed by atoms with E-state index in [0.717, 1.165) is 39.0 Å². The normalized spacial score (nSPS) is 15.7. The number of benzene rings is 1. The fraction of sp³-hybridized carbons (Fsp3) is 0.611. The molecule has 3 heteroatoms. The van der Waals surface area contributed by atoms with Crippen LogP contribution in [0, 0.1) is 19.8 Å². The van der Waals surface area contributed by atoms with Crippen LogP contribution in [0.2, 0.25) is 0 Å². The number of piperazine rings is 1. The molecule has 1 fully saturated rings. The van der Waals surface area contributed by atoms with Gasteiger partial charge in [-0.1, -0.05) is 32.0 Å². The van der Waals surface area contributed by atoms with Crippen molar-refractivity contribution in [2.45, 2.75) is 40.5 Å². The Morgan fingerprint density at radius 2 is 1.57 bits per heavy atom. The zero-order chi connectivity index (χ0) is 15.4. The van der Waals surface area contributed by atoms with Crippen LogP contribution in [0.15, 0.2) is 18.2 Å². The number of hydrogen-bond acceptors (Lipinski definition) is 2. The van der Waals surface area contributed by atoms with Gasteiger partial charge in [0.1, 0.15) is 0 Å². The van der Waals surface area contributed by atoms with Crippen molar-refractivity contribution in [2.24, 2.45) is 5.92 Å². The monoisotopic (exact) mass is 288 g/mol. The van der Waals surface area contributed by atoms with Crippen LogP contribution in [0.25, 0.3) is 0 Å². The van der Waals surface area contributed by atoms with Crippen LogP contribution in [0.5, 0.6) is 0 Å². The molecule has 0 saturated carbocycles. The SMILES string of the molecule is CCC(CC)C(=O)N1CCN(c2c(C)cccc2C)CC1. The lowest BCUT2D eigenvalue weighted by atomic mass is 10.0. The number of amides is 1. The van der Waals surface area contributed by atoms with Gasteiger partial charge in [0.2, 0.25) is 5.91 Å². The number of anilines is 1. The third kappa shape index (κ3) is 3.39. The fourth-order valence-corrected chi connectivity index (χ4v) is 3.35. The molecule has 1 aliphatic rings. The molecule has 1 saturated heterocycles. The van der Waals surface area contributed by atoms with Crippen LogP contribution >= 0.6 is 0 Å². The van der Waals surface area contributed by atoms with Crippen LogP contribution in [0.3, 0.4) is 0 Å². The molecule has 1 aromatic rings. The van der Waals surface area contributed by atoms with Gasteiger partial charge in [0.05, 0.1) is 0 Å². The van der Waals surface area contributed by atoms with Gasteiger partial charge < -0.3 is 9.80 Å². The number of nitrogens with zero attached hydrogens (tertiary/aromatic N) is 2. The largest absolute Gasteiger partial charge is 0.368 e. The van der Waals surface area contributed by atoms with Gasteiger partial charge in [-0.3, -0.25) is 4.79 Å². The van der Waals surface area contributed by atoms with Crippen molar-refractivity contribution >= 4 is 11.6 Å². The van der Waals surface area contributed by atoms with E-state index >= 15 is 0 Å². The average molecular weight is 288 g/mol. The van der Waals surface area contributed by atoms with E-state index in [9.17, 15) is 4.79 Å². The van der Waals surface area contributed by atoms with Gasteiger partial charge in [-0.05, 0) is 37.8 Å². The predicted molar refractivity (Wildman–Crippen MR) is 88.8 cm³/mol. The standard InChI is InChI=1S/C18H28N2O/c1-5-16(6-2)18(21)20-12-10-19(11-13-20)17-14(3)8-7-9-15(17)4/h7-9,16H,5-6,10-13H2,1-4H3. The smallest absolute Gasteiger partial charge is 0.225 e. The van der Waals surface area contributed by atoms with Gasteiger partial charge in [0.15, 0.2) is 0 Å². The minimum atomic E-state index is 0.205. The van der Waals surface area contributed by atoms with E-state index in [2.05, 4.69) is 55.7 Å². The highest BCUT2D eigenvalue weighted by Gasteiger charge is 2.26. The molecule has 0 unspecified atom stereocenters. The Hall–Kier alpha value is -1.51. The number of para-hydroxylation sites is 1. The number of carbonyl (C=O) groups excluding carboxylic acids is 1. The second-order valence-corrected chi connectivity index (χ2v) is 6.07. The molecule has 3 nitrogen and oxygen atoms in total. The molecule has 1 aromatic carbocycles. The molecule has 0 bridgehead atoms. The third-order valence-corrected chi connectivity index (χ3v) is 4.68. The first-order chi connectivity index (χ1) is 10.1. The summed E-state index contributed by atoms with van der Waals surface area (Å²) in [7, 11) is 0. The molecule has 0 aromatic heterocycles. The zero-order valence-electron chi connectivity index (χ0n) is 13.9. The molecule has 0 aliphatic carbocycles. The van der Waals surface area contributed by atoms with E-state index in [1.165, 1.54) is 16.8 Å². The Bertz CT molecular complexity index is 466. The highest BCUT2D eigenvalue weighted by Crippen LogP contribution is 2.26. The van der Waals surface area contributed by atoms with Crippen LogP contribution in [0.1, 0.15) is 37.8 Å². The molecule has 21 heavy (non-hydrogen) atoms. The van der Waals surface area contributed by atoms with Gasteiger partial charge in [-0.2, -0.15) is 0 Å². The summed E-state index contributed by atoms with van der Waals surface area (Å²) < 4.78 is 0. The minimum Gasteiger partial charge on any atom is -0.368 e. The van der Waals surface area contributed by atoms with Crippen LogP contribution in [0.4, 0.5) is 5.69 Å². The summed E-state index contributed by atoms with van der Waals surface area (Å²) in [5.74, 6) is 0.554. The first-order valence-electron chi connectivity index (χ1n) is 8.18. The van der Waals surface area contributed by atoms with E-state index in [4.69, 9.17) is 0 Å². The van der Waals surface area contributed by atoms with Gasteiger partial charge in [0.25, 0.3) is 0 Å². The van der Waals surface area contributed by atoms with Crippen molar-refractivity contribution in [1.29, 1.82) is 0 Å². The second-order valence-electron chi connectivity index (χ2n) is 6.07. The van der Waals surface area contributed by atoms with Crippen molar-refractivity contribution in [2.75, 3.05) is 31.1 Å². The van der Waals surface area contributed by atoms with Crippen molar-refractivity contribution in [3.05, 3.63) is 29.3 Å². The molecule has 1 amide bonds. The van der Waals surface area contributed by atoms with E-state index in [0.29, 0.717) is 5.91 Å². The Balaban J connectivity index is 2.02. The van der Waals surface area contributed by atoms with Crippen molar-refractivity contribution < 1.29 is 4.79 Å². The molecule has 0 radical (unpaired) electrons. The Labute approximate surface area is 128 Å². The maximum absolute atomic E-state index is 12.4. The van der Waals surface area contributed by atoms with Gasteiger partial charge >= 0.3 is 0 Å². The maximum atomic E-state index is 12.4. The molecule has 0 atom stereocenters. The molecule has 1 aliphatic heterocycles. The third-order valence-electron chi connectivity index (χ3n) is 4.68. The van der Waals surface area contributed by atoms with Crippen molar-refractivity contribution in [3.63, 3.8) is 0 Å². The number of hydrogen-bond donors (Lipinski definition) is 0. The van der Waals surface area contributed by atoms with Gasteiger partial charge in [-0.25, -0.2) is 0 Å². The molecular weight excluding hydrogens is 260 g/mol. The van der Waals surface area contributed by atoms with E-state index in [1.54, 1.807) is 0 Å². The molecular formula is C18H28N2O. The van der Waals surface area contributed by atoms with Crippen LogP contribution in [-0.4, -0.2) is 37.0 Å². The first-order valence-corrected chi connectivity index (χ1v) is 8.18. The zero-order valence-corrected chi connectivity index (χ0v) is 13.9. The maximum Gasteiger partial charge on any atom is 0.225 e. The van der Waals surface area contributed by atoms with E-state index in [-0.39, 0.29) is 5.92 Å². The minimum absolute atomic E-state index is 0.205. The lowest BCUT2D eigenvalue weighted by Crippen LogP contribution is -2.50. The Morgan fingerprint density at radius 1 is 1.05 bits per heavy atom. The predicted octanol–water partition coefficient (Wildman–Crippen LogP) is 3.39. The molecule has 116 valence electrons. The summed E-state index contributed by atoms with van der Waals surface area (Å²) in [6.07, 6.45) is 1.90. The highest BCUT2D eigenvalue weighted by molar-refractivity contribution is 5.79. The summed E-state index contributed by atoms with van der Waals surface area (Å²) in [6.45, 7) is 12.1. The molecule has 1 heterocycles. The first kappa shape index (κ1) is 15.9. The summed E-state index contributed by atoms with van der Waals surface area (Å²) in [5.41, 5.74) is 4.01. The van der Waals surface area contributed by atoms with Crippen LogP contribution in [-0.2, 0) is 4.79 Å². The van der Waals surface area contributed by atoms with Crippen LogP contribution < -0.4 is 4.90 Å². The number of rotatable bonds is 4. The molecule has 2 rings (SSSR count). The highest BCUT2D eigenvalue weighted by atomic mass is 16.2. The average Bonchev–Trinajstić information content (AvgIpc) is 2.49. The molecule has 0 N–H and O–H groups in total. The fourth-order valence-electron chi connectivity index (χ4n) is 3.35. The Morgan fingerprint density at radius 3 is 2.05 bits per heavy atom. The summed E-state index contributed by atoms with van der Waals surface area (Å²) >= 11 is 0. The van der Waals surface area contributed by atoms with E-state index < -0.39 is 0 Å². The number of carbonyl (C=O) groups is 1. The topological polar surface area (TPSA) is 23.6 Å². The van der Waals surface area contributed by atoms with Crippen molar-refractivity contribution in [1.82, 2.24) is 4.90 Å². The van der Waals surface area contributed by atoms with E-state index in [1.807, 2.05) is 0 Å². The Kier molecular flexibility index (Phi) is 5.27. The van der Waals surface area contributed by atoms with Crippen molar-refractivity contribution in [3.8, 4) is 0 Å². The van der Waals surface area contributed by atoms with Gasteiger partial charge in [-0.15, -0.1) is 0 Å². The lowest BCUT2D eigenvalue weighted by Gasteiger charge is -2.38. The summed E-state index contributed by atoms with van der Waals surface area (Å²) in [4.78, 5) is 16.9. The lowest BCUT2D eigenvalue weighted by molar-refractivity contribution is -0.136. The molecule has 0 spiro atoms. The number of aryl methyl sites for hydroxylation is 2. The van der Waals surface area contributed by atoms with Gasteiger partial charge in [0, 0.05) is 37.8 Å². The quantitative estimate of drug-likeness (QED) is 0.848. The second kappa shape index (κ2) is 6.97. The summed E-state index contributed by atoms with van der Waals surface area (Å²) in [5, 5.41) is 0.